The van der Waals surface area contributed by atoms with Crippen molar-refractivity contribution in [2.75, 3.05) is 20.2 Å². The second-order valence-corrected chi connectivity index (χ2v) is 12.3. The van der Waals surface area contributed by atoms with Gasteiger partial charge in [0.1, 0.15) is 0 Å². The molecule has 1 aliphatic rings. The quantitative estimate of drug-likeness (QED) is 0.175. The summed E-state index contributed by atoms with van der Waals surface area (Å²) in [5.41, 5.74) is 8.20. The molecule has 0 bridgehead atoms. The zero-order valence-corrected chi connectivity index (χ0v) is 27.6. The van der Waals surface area contributed by atoms with Gasteiger partial charge in [0.05, 0.1) is 18.4 Å². The molecule has 1 unspecified atom stereocenters. The summed E-state index contributed by atoms with van der Waals surface area (Å²) in [4.78, 5) is 32.1. The number of carbonyl (C=O) groups is 2. The van der Waals surface area contributed by atoms with E-state index in [9.17, 15) is 9.59 Å². The summed E-state index contributed by atoms with van der Waals surface area (Å²) in [5, 5.41) is 4.79. The van der Waals surface area contributed by atoms with Crippen LogP contribution in [0.15, 0.2) is 66.7 Å². The second kappa shape index (κ2) is 14.1. The van der Waals surface area contributed by atoms with Crippen LogP contribution in [0.1, 0.15) is 89.6 Å². The van der Waals surface area contributed by atoms with Gasteiger partial charge < -0.3 is 14.5 Å². The average molecular weight is 607 g/mol. The molecule has 1 aromatic heterocycles. The lowest BCUT2D eigenvalue weighted by Gasteiger charge is -2.35. The molecule has 236 valence electrons. The SMILES string of the molecule is CCCCN(CCCC)C(=O)c1cc(OC)n(-c2ccc(-c3cc(C)cc(C)c3)cc2C(=O)N2Cc3ccccc3CC2C)n1. The monoisotopic (exact) mass is 606 g/mol. The minimum Gasteiger partial charge on any atom is -0.481 e. The number of carbonyl (C=O) groups excluding carboxylic acids is 2. The zero-order valence-electron chi connectivity index (χ0n) is 27.6. The van der Waals surface area contributed by atoms with Gasteiger partial charge in [0.2, 0.25) is 5.88 Å². The molecular weight excluding hydrogens is 560 g/mol. The zero-order chi connectivity index (χ0) is 32.1. The maximum Gasteiger partial charge on any atom is 0.274 e. The number of rotatable bonds is 11. The molecule has 7 heteroatoms. The molecular formula is C38H46N4O3. The highest BCUT2D eigenvalue weighted by Crippen LogP contribution is 2.32. The van der Waals surface area contributed by atoms with Gasteiger partial charge in [0.25, 0.3) is 11.8 Å². The van der Waals surface area contributed by atoms with Crippen molar-refractivity contribution in [1.29, 1.82) is 0 Å². The van der Waals surface area contributed by atoms with Crippen LogP contribution in [-0.4, -0.2) is 57.6 Å². The Balaban J connectivity index is 1.60. The van der Waals surface area contributed by atoms with E-state index in [0.29, 0.717) is 42.5 Å². The minimum absolute atomic E-state index is 0.0208. The van der Waals surface area contributed by atoms with Crippen molar-refractivity contribution in [2.45, 2.75) is 79.3 Å². The van der Waals surface area contributed by atoms with Gasteiger partial charge in [-0.2, -0.15) is 9.78 Å². The number of aryl methyl sites for hydroxylation is 2. The van der Waals surface area contributed by atoms with E-state index in [1.807, 2.05) is 34.1 Å². The van der Waals surface area contributed by atoms with Crippen LogP contribution in [0.5, 0.6) is 5.88 Å². The third-order valence-corrected chi connectivity index (χ3v) is 8.73. The maximum absolute atomic E-state index is 14.6. The highest BCUT2D eigenvalue weighted by molar-refractivity contribution is 6.00. The number of aromatic nitrogens is 2. The number of ether oxygens (including phenoxy) is 1. The van der Waals surface area contributed by atoms with Crippen LogP contribution in [0.2, 0.25) is 0 Å². The third-order valence-electron chi connectivity index (χ3n) is 8.73. The molecule has 2 heterocycles. The van der Waals surface area contributed by atoms with E-state index >= 15 is 0 Å². The molecule has 0 fully saturated rings. The van der Waals surface area contributed by atoms with Crippen molar-refractivity contribution in [3.8, 4) is 22.7 Å². The first kappa shape index (κ1) is 32.0. The molecule has 2 amide bonds. The van der Waals surface area contributed by atoms with E-state index in [2.05, 4.69) is 71.0 Å². The lowest BCUT2D eigenvalue weighted by atomic mass is 9.93. The molecule has 4 aromatic rings. The van der Waals surface area contributed by atoms with Crippen LogP contribution in [0.4, 0.5) is 0 Å². The number of methoxy groups -OCH3 is 1. The number of fused-ring (bicyclic) bond motifs is 1. The van der Waals surface area contributed by atoms with E-state index in [0.717, 1.165) is 54.4 Å². The van der Waals surface area contributed by atoms with E-state index in [-0.39, 0.29) is 17.9 Å². The molecule has 5 rings (SSSR count). The molecule has 1 aliphatic heterocycles. The molecule has 3 aromatic carbocycles. The largest absolute Gasteiger partial charge is 0.481 e. The molecule has 1 atom stereocenters. The lowest BCUT2D eigenvalue weighted by Crippen LogP contribution is -2.43. The van der Waals surface area contributed by atoms with Gasteiger partial charge in [-0.1, -0.05) is 86.3 Å². The predicted octanol–water partition coefficient (Wildman–Crippen LogP) is 7.79. The number of unbranched alkanes of at least 4 members (excludes halogenated alkanes) is 2. The predicted molar refractivity (Wildman–Crippen MR) is 180 cm³/mol. The van der Waals surface area contributed by atoms with Crippen LogP contribution >= 0.6 is 0 Å². The van der Waals surface area contributed by atoms with Gasteiger partial charge in [-0.05, 0) is 74.4 Å². The van der Waals surface area contributed by atoms with Crippen LogP contribution in [0, 0.1) is 13.8 Å². The van der Waals surface area contributed by atoms with Crippen molar-refractivity contribution in [2.24, 2.45) is 0 Å². The Morgan fingerprint density at radius 3 is 2.20 bits per heavy atom. The van der Waals surface area contributed by atoms with Gasteiger partial charge in [-0.25, -0.2) is 0 Å². The summed E-state index contributed by atoms with van der Waals surface area (Å²) in [5.74, 6) is 0.223. The minimum atomic E-state index is -0.116. The Hall–Kier alpha value is -4.39. The highest BCUT2D eigenvalue weighted by Gasteiger charge is 2.31. The fraction of sp³-hybridized carbons (Fsp3) is 0.395. The van der Waals surface area contributed by atoms with Crippen LogP contribution < -0.4 is 4.74 Å². The molecule has 0 spiro atoms. The molecule has 0 saturated heterocycles. The molecule has 0 N–H and O–H groups in total. The number of nitrogens with zero attached hydrogens (tertiary/aromatic N) is 4. The Labute approximate surface area is 267 Å². The molecule has 7 nitrogen and oxygen atoms in total. The van der Waals surface area contributed by atoms with Gasteiger partial charge in [0, 0.05) is 31.7 Å². The van der Waals surface area contributed by atoms with Gasteiger partial charge >= 0.3 is 0 Å². The second-order valence-electron chi connectivity index (χ2n) is 12.3. The van der Waals surface area contributed by atoms with Gasteiger partial charge in [-0.15, -0.1) is 0 Å². The maximum atomic E-state index is 14.6. The Morgan fingerprint density at radius 2 is 1.56 bits per heavy atom. The van der Waals surface area contributed by atoms with E-state index in [4.69, 9.17) is 9.84 Å². The van der Waals surface area contributed by atoms with Crippen molar-refractivity contribution >= 4 is 11.8 Å². The van der Waals surface area contributed by atoms with E-state index < -0.39 is 0 Å². The summed E-state index contributed by atoms with van der Waals surface area (Å²) < 4.78 is 7.39. The highest BCUT2D eigenvalue weighted by atomic mass is 16.5. The average Bonchev–Trinajstić information content (AvgIpc) is 3.47. The summed E-state index contributed by atoms with van der Waals surface area (Å²) in [6.07, 6.45) is 4.67. The van der Waals surface area contributed by atoms with Crippen molar-refractivity contribution in [3.05, 3.63) is 100 Å². The summed E-state index contributed by atoms with van der Waals surface area (Å²) in [6.45, 7) is 12.4. The summed E-state index contributed by atoms with van der Waals surface area (Å²) in [7, 11) is 1.57. The number of hydrogen-bond donors (Lipinski definition) is 0. The number of hydrogen-bond acceptors (Lipinski definition) is 4. The fourth-order valence-corrected chi connectivity index (χ4v) is 6.28. The molecule has 0 saturated carbocycles. The van der Waals surface area contributed by atoms with Crippen molar-refractivity contribution in [1.82, 2.24) is 19.6 Å². The van der Waals surface area contributed by atoms with Gasteiger partial charge in [0.15, 0.2) is 5.69 Å². The van der Waals surface area contributed by atoms with Gasteiger partial charge in [-0.3, -0.25) is 9.59 Å². The first-order valence-electron chi connectivity index (χ1n) is 16.3. The van der Waals surface area contributed by atoms with Crippen molar-refractivity contribution in [3.63, 3.8) is 0 Å². The first-order valence-corrected chi connectivity index (χ1v) is 16.3. The summed E-state index contributed by atoms with van der Waals surface area (Å²) >= 11 is 0. The Morgan fingerprint density at radius 1 is 0.889 bits per heavy atom. The molecule has 0 aliphatic carbocycles. The molecule has 45 heavy (non-hydrogen) atoms. The number of benzene rings is 3. The third kappa shape index (κ3) is 6.98. The van der Waals surface area contributed by atoms with E-state index in [1.54, 1.807) is 17.9 Å². The smallest absolute Gasteiger partial charge is 0.274 e. The Bertz CT molecular complexity index is 1650. The summed E-state index contributed by atoms with van der Waals surface area (Å²) in [6, 6.07) is 22.4. The first-order chi connectivity index (χ1) is 21.7. The van der Waals surface area contributed by atoms with Crippen molar-refractivity contribution < 1.29 is 14.3 Å². The number of amides is 2. The van der Waals surface area contributed by atoms with Crippen LogP contribution in [0.3, 0.4) is 0 Å². The lowest BCUT2D eigenvalue weighted by molar-refractivity contribution is 0.0657. The molecule has 0 radical (unpaired) electrons. The normalized spacial score (nSPS) is 14.3. The van der Waals surface area contributed by atoms with E-state index in [1.165, 1.54) is 11.1 Å². The Kier molecular flexibility index (Phi) is 10.1. The standard InChI is InChI=1S/C38H46N4O3/c1-7-9-17-40(18-10-8-2)38(44)34-24-36(45-6)42(39-34)35-16-15-30(32-20-26(3)19-27(4)21-32)23-33(35)37(43)41-25-31-14-12-11-13-29(31)22-28(41)5/h11-16,19-21,23-24,28H,7-10,17-18,22,25H2,1-6H3. The topological polar surface area (TPSA) is 67.7 Å². The fourth-order valence-electron chi connectivity index (χ4n) is 6.28. The van der Waals surface area contributed by atoms with Crippen LogP contribution in [0.25, 0.3) is 16.8 Å². The van der Waals surface area contributed by atoms with Crippen LogP contribution in [-0.2, 0) is 13.0 Å².